The van der Waals surface area contributed by atoms with Crippen molar-refractivity contribution in [2.45, 2.75) is 6.42 Å². The topological polar surface area (TPSA) is 33.2 Å². The van der Waals surface area contributed by atoms with Gasteiger partial charge in [-0.1, -0.05) is 0 Å². The lowest BCUT2D eigenvalue weighted by molar-refractivity contribution is 0.0989. The first-order valence-electron chi connectivity index (χ1n) is 5.76. The molecule has 1 aromatic heterocycles. The smallest absolute Gasteiger partial charge is 0.258 e. The maximum Gasteiger partial charge on any atom is 0.258 e. The number of fused-ring (bicyclic) bond motifs is 1. The molecule has 1 amide bonds. The molecular weight excluding hydrogens is 231 g/mol. The Labute approximate surface area is 104 Å². The molecule has 0 saturated carbocycles. The Balaban J connectivity index is 1.95. The van der Waals surface area contributed by atoms with E-state index in [-0.39, 0.29) is 11.7 Å². The molecule has 1 aliphatic heterocycles. The molecule has 2 heterocycles. The molecule has 3 rings (SSSR count). The molecule has 0 aliphatic carbocycles. The van der Waals surface area contributed by atoms with Crippen molar-refractivity contribution < 1.29 is 9.18 Å². The predicted molar refractivity (Wildman–Crippen MR) is 66.0 cm³/mol. The maximum atomic E-state index is 13.1. The molecule has 3 nitrogen and oxygen atoms in total. The summed E-state index contributed by atoms with van der Waals surface area (Å²) in [4.78, 5) is 17.9. The van der Waals surface area contributed by atoms with Crippen LogP contribution in [0.25, 0.3) is 0 Å². The summed E-state index contributed by atoms with van der Waals surface area (Å²) < 4.78 is 13.1. The summed E-state index contributed by atoms with van der Waals surface area (Å²) in [7, 11) is 0. The minimum Gasteiger partial charge on any atom is -0.308 e. The molecule has 0 fully saturated rings. The van der Waals surface area contributed by atoms with E-state index >= 15 is 0 Å². The van der Waals surface area contributed by atoms with Crippen molar-refractivity contribution >= 4 is 11.6 Å². The molecule has 18 heavy (non-hydrogen) atoms. The van der Waals surface area contributed by atoms with Gasteiger partial charge in [-0.25, -0.2) is 4.39 Å². The largest absolute Gasteiger partial charge is 0.308 e. The number of benzene rings is 1. The Morgan fingerprint density at radius 3 is 2.78 bits per heavy atom. The van der Waals surface area contributed by atoms with Crippen LogP contribution in [0.2, 0.25) is 0 Å². The predicted octanol–water partition coefficient (Wildman–Crippen LogP) is 2.42. The molecule has 0 saturated heterocycles. The lowest BCUT2D eigenvalue weighted by Crippen LogP contribution is -2.28. The molecule has 0 N–H and O–H groups in total. The highest BCUT2D eigenvalue weighted by atomic mass is 19.1. The fourth-order valence-corrected chi connectivity index (χ4v) is 2.23. The Kier molecular flexibility index (Phi) is 2.55. The summed E-state index contributed by atoms with van der Waals surface area (Å²) >= 11 is 0. The van der Waals surface area contributed by atoms with Crippen LogP contribution in [0, 0.1) is 5.82 Å². The fourth-order valence-electron chi connectivity index (χ4n) is 2.23. The van der Waals surface area contributed by atoms with Gasteiger partial charge in [-0.05, 0) is 42.3 Å². The first-order valence-corrected chi connectivity index (χ1v) is 5.76. The number of nitrogens with zero attached hydrogens (tertiary/aromatic N) is 2. The number of amides is 1. The molecular formula is C14H11FN2O. The summed E-state index contributed by atoms with van der Waals surface area (Å²) in [5.41, 5.74) is 2.29. The van der Waals surface area contributed by atoms with E-state index < -0.39 is 0 Å². The van der Waals surface area contributed by atoms with Gasteiger partial charge < -0.3 is 4.90 Å². The minimum absolute atomic E-state index is 0.0669. The van der Waals surface area contributed by atoms with Gasteiger partial charge in [-0.15, -0.1) is 0 Å². The van der Waals surface area contributed by atoms with Crippen LogP contribution in [-0.4, -0.2) is 17.4 Å². The van der Waals surface area contributed by atoms with E-state index in [9.17, 15) is 9.18 Å². The summed E-state index contributed by atoms with van der Waals surface area (Å²) in [5, 5.41) is 0. The van der Waals surface area contributed by atoms with E-state index in [4.69, 9.17) is 0 Å². The zero-order chi connectivity index (χ0) is 12.5. The zero-order valence-corrected chi connectivity index (χ0v) is 9.64. The molecule has 90 valence electrons. The average Bonchev–Trinajstić information content (AvgIpc) is 2.81. The molecule has 0 bridgehead atoms. The minimum atomic E-state index is -0.257. The molecule has 0 unspecified atom stereocenters. The number of pyridine rings is 1. The Morgan fingerprint density at radius 1 is 1.22 bits per heavy atom. The standard InChI is InChI=1S/C14H11FN2O/c15-12-1-2-13-11(9-12)5-8-17(13)14(18)10-3-6-16-7-4-10/h1-4,6-7,9H,5,8H2. The summed E-state index contributed by atoms with van der Waals surface area (Å²) in [6.45, 7) is 0.597. The molecule has 0 atom stereocenters. The van der Waals surface area contributed by atoms with Crippen molar-refractivity contribution in [3.8, 4) is 0 Å². The highest BCUT2D eigenvalue weighted by Crippen LogP contribution is 2.29. The Hall–Kier alpha value is -2.23. The molecule has 4 heteroatoms. The Morgan fingerprint density at radius 2 is 2.00 bits per heavy atom. The number of carbonyl (C=O) groups excluding carboxylic acids is 1. The number of anilines is 1. The van der Waals surface area contributed by atoms with Crippen LogP contribution >= 0.6 is 0 Å². The van der Waals surface area contributed by atoms with E-state index in [1.165, 1.54) is 12.1 Å². The summed E-state index contributed by atoms with van der Waals surface area (Å²) in [6.07, 6.45) is 3.88. The number of carbonyl (C=O) groups is 1. The highest BCUT2D eigenvalue weighted by molar-refractivity contribution is 6.07. The van der Waals surface area contributed by atoms with Gasteiger partial charge in [-0.2, -0.15) is 0 Å². The van der Waals surface area contributed by atoms with E-state index in [1.54, 1.807) is 35.5 Å². The van der Waals surface area contributed by atoms with Crippen LogP contribution in [0.5, 0.6) is 0 Å². The number of hydrogen-bond donors (Lipinski definition) is 0. The van der Waals surface area contributed by atoms with Gasteiger partial charge in [0.15, 0.2) is 0 Å². The van der Waals surface area contributed by atoms with Crippen LogP contribution in [-0.2, 0) is 6.42 Å². The van der Waals surface area contributed by atoms with Gasteiger partial charge in [0.25, 0.3) is 5.91 Å². The van der Waals surface area contributed by atoms with E-state index in [1.807, 2.05) is 0 Å². The number of rotatable bonds is 1. The van der Waals surface area contributed by atoms with Gasteiger partial charge in [0.1, 0.15) is 5.82 Å². The van der Waals surface area contributed by atoms with Crippen molar-refractivity contribution in [3.63, 3.8) is 0 Å². The monoisotopic (exact) mass is 242 g/mol. The highest BCUT2D eigenvalue weighted by Gasteiger charge is 2.25. The third-order valence-corrected chi connectivity index (χ3v) is 3.11. The van der Waals surface area contributed by atoms with Gasteiger partial charge in [0.05, 0.1) is 0 Å². The number of hydrogen-bond acceptors (Lipinski definition) is 2. The number of aromatic nitrogens is 1. The van der Waals surface area contributed by atoms with E-state index in [0.717, 1.165) is 11.3 Å². The van der Waals surface area contributed by atoms with Crippen molar-refractivity contribution in [1.29, 1.82) is 0 Å². The van der Waals surface area contributed by atoms with Crippen LogP contribution in [0.1, 0.15) is 15.9 Å². The van der Waals surface area contributed by atoms with Gasteiger partial charge >= 0.3 is 0 Å². The molecule has 0 spiro atoms. The second kappa shape index (κ2) is 4.22. The Bertz CT molecular complexity index is 598. The van der Waals surface area contributed by atoms with Crippen molar-refractivity contribution in [2.75, 3.05) is 11.4 Å². The zero-order valence-electron chi connectivity index (χ0n) is 9.64. The summed E-state index contributed by atoms with van der Waals surface area (Å²) in [6, 6.07) is 7.91. The first-order chi connectivity index (χ1) is 8.75. The molecule has 1 aromatic carbocycles. The quantitative estimate of drug-likeness (QED) is 0.769. The van der Waals surface area contributed by atoms with Crippen LogP contribution in [0.4, 0.5) is 10.1 Å². The fraction of sp³-hybridized carbons (Fsp3) is 0.143. The van der Waals surface area contributed by atoms with Gasteiger partial charge in [-0.3, -0.25) is 9.78 Å². The SMILES string of the molecule is O=C(c1ccncc1)N1CCc2cc(F)ccc21. The van der Waals surface area contributed by atoms with Crippen molar-refractivity contribution in [3.05, 3.63) is 59.7 Å². The molecule has 1 aliphatic rings. The molecule has 0 radical (unpaired) electrons. The van der Waals surface area contributed by atoms with Gasteiger partial charge in [0.2, 0.25) is 0 Å². The second-order valence-electron chi connectivity index (χ2n) is 4.22. The normalized spacial score (nSPS) is 13.5. The van der Waals surface area contributed by atoms with Crippen LogP contribution in [0.15, 0.2) is 42.7 Å². The number of halogens is 1. The van der Waals surface area contributed by atoms with Crippen molar-refractivity contribution in [1.82, 2.24) is 4.98 Å². The van der Waals surface area contributed by atoms with Crippen molar-refractivity contribution in [2.24, 2.45) is 0 Å². The summed E-state index contributed by atoms with van der Waals surface area (Å²) in [5.74, 6) is -0.324. The molecule has 2 aromatic rings. The third-order valence-electron chi connectivity index (χ3n) is 3.11. The maximum absolute atomic E-state index is 13.1. The van der Waals surface area contributed by atoms with E-state index in [0.29, 0.717) is 18.5 Å². The van der Waals surface area contributed by atoms with Crippen LogP contribution in [0.3, 0.4) is 0 Å². The lowest BCUT2D eigenvalue weighted by Gasteiger charge is -2.17. The van der Waals surface area contributed by atoms with E-state index in [2.05, 4.69) is 4.98 Å². The first kappa shape index (κ1) is 10.9. The van der Waals surface area contributed by atoms with Crippen LogP contribution < -0.4 is 4.90 Å². The average molecular weight is 242 g/mol. The third kappa shape index (κ3) is 1.76. The van der Waals surface area contributed by atoms with Gasteiger partial charge in [0, 0.05) is 30.2 Å². The second-order valence-corrected chi connectivity index (χ2v) is 4.22. The lowest BCUT2D eigenvalue weighted by atomic mass is 10.1.